The SMILES string of the molecule is N#CN=c1c2oc3ccccc3oc=2c(=NC#N)c2ccccc12. The predicted molar refractivity (Wildman–Crippen MR) is 83.6 cm³/mol. The van der Waals surface area contributed by atoms with Crippen molar-refractivity contribution in [3.05, 3.63) is 70.1 Å². The monoisotopic (exact) mass is 312 g/mol. The number of hydrogen-bond donors (Lipinski definition) is 0. The molecule has 2 aromatic carbocycles. The molecule has 6 heteroatoms. The average Bonchev–Trinajstić information content (AvgIpc) is 2.63. The van der Waals surface area contributed by atoms with E-state index in [2.05, 4.69) is 9.98 Å². The maximum absolute atomic E-state index is 9.06. The van der Waals surface area contributed by atoms with E-state index in [0.29, 0.717) is 32.7 Å². The zero-order valence-corrected chi connectivity index (χ0v) is 12.2. The van der Waals surface area contributed by atoms with Gasteiger partial charge in [0, 0.05) is 10.8 Å². The number of nitriles is 2. The third-order valence-electron chi connectivity index (χ3n) is 3.67. The van der Waals surface area contributed by atoms with Gasteiger partial charge in [-0.3, -0.25) is 0 Å². The summed E-state index contributed by atoms with van der Waals surface area (Å²) in [5.41, 5.74) is 1.58. The van der Waals surface area contributed by atoms with Crippen molar-refractivity contribution in [1.29, 1.82) is 10.5 Å². The molecule has 0 radical (unpaired) electrons. The predicted octanol–water partition coefficient (Wildman–Crippen LogP) is 2.67. The smallest absolute Gasteiger partial charge is 0.206 e. The van der Waals surface area contributed by atoms with Crippen LogP contribution in [0.1, 0.15) is 0 Å². The first-order chi connectivity index (χ1) is 11.8. The molecule has 1 heterocycles. The summed E-state index contributed by atoms with van der Waals surface area (Å²) in [6.07, 6.45) is 3.59. The molecule has 2 aromatic rings. The number of hydrogen-bond acceptors (Lipinski definition) is 6. The fraction of sp³-hybridized carbons (Fsp3) is 0. The normalized spacial score (nSPS) is 12.6. The molecule has 24 heavy (non-hydrogen) atoms. The van der Waals surface area contributed by atoms with Crippen molar-refractivity contribution in [1.82, 2.24) is 0 Å². The second kappa shape index (κ2) is 5.38. The van der Waals surface area contributed by atoms with Crippen LogP contribution in [0.25, 0.3) is 21.9 Å². The first kappa shape index (κ1) is 13.7. The minimum absolute atomic E-state index is 0.281. The standard InChI is InChI=1S/C18H8N4O2/c19-9-21-15-11-5-1-2-6-12(11)16(22-10-20)18-17(15)23-13-7-3-4-8-14(13)24-18/h1-8H. The van der Waals surface area contributed by atoms with Gasteiger partial charge < -0.3 is 8.83 Å². The maximum Gasteiger partial charge on any atom is 0.206 e. The first-order valence-electron chi connectivity index (χ1n) is 7.06. The molecule has 112 valence electrons. The number of nitrogens with zero attached hydrogens (tertiary/aromatic N) is 4. The van der Waals surface area contributed by atoms with Crippen LogP contribution in [0.5, 0.6) is 0 Å². The Hall–Kier alpha value is -3.90. The van der Waals surface area contributed by atoms with Crippen LogP contribution in [0.2, 0.25) is 0 Å². The largest absolute Gasteiger partial charge is 0.447 e. The quantitative estimate of drug-likeness (QED) is 0.466. The molecule has 1 aliphatic heterocycles. The van der Waals surface area contributed by atoms with Crippen LogP contribution in [0.4, 0.5) is 0 Å². The summed E-state index contributed by atoms with van der Waals surface area (Å²) >= 11 is 0. The first-order valence-corrected chi connectivity index (χ1v) is 7.06. The fourth-order valence-electron chi connectivity index (χ4n) is 2.71. The molecule has 0 bridgehead atoms. The van der Waals surface area contributed by atoms with Gasteiger partial charge in [0.2, 0.25) is 12.4 Å². The third-order valence-corrected chi connectivity index (χ3v) is 3.67. The van der Waals surface area contributed by atoms with E-state index in [-0.39, 0.29) is 10.8 Å². The molecule has 6 nitrogen and oxygen atoms in total. The van der Waals surface area contributed by atoms with Gasteiger partial charge in [-0.15, -0.1) is 0 Å². The van der Waals surface area contributed by atoms with Crippen LogP contribution < -0.4 is 10.7 Å². The second-order valence-electron chi connectivity index (χ2n) is 4.98. The zero-order chi connectivity index (χ0) is 16.5. The van der Waals surface area contributed by atoms with E-state index < -0.39 is 0 Å². The van der Waals surface area contributed by atoms with Gasteiger partial charge in [0.25, 0.3) is 0 Å². The Kier molecular flexibility index (Phi) is 3.08. The highest BCUT2D eigenvalue weighted by molar-refractivity contribution is 5.81. The molecule has 4 rings (SSSR count). The molecule has 1 aliphatic carbocycles. The van der Waals surface area contributed by atoms with E-state index in [0.717, 1.165) is 0 Å². The summed E-state index contributed by atoms with van der Waals surface area (Å²) in [7, 11) is 0. The average molecular weight is 312 g/mol. The fourth-order valence-corrected chi connectivity index (χ4v) is 2.71. The molecule has 0 fully saturated rings. The summed E-state index contributed by atoms with van der Waals surface area (Å²) < 4.78 is 11.8. The van der Waals surface area contributed by atoms with Crippen LogP contribution in [0.15, 0.2) is 67.4 Å². The summed E-state index contributed by atoms with van der Waals surface area (Å²) in [5.74, 6) is 0. The Morgan fingerprint density at radius 2 is 1.08 bits per heavy atom. The minimum atomic E-state index is 0.281. The minimum Gasteiger partial charge on any atom is -0.447 e. The lowest BCUT2D eigenvalue weighted by atomic mass is 10.1. The van der Waals surface area contributed by atoms with Crippen LogP contribution in [-0.4, -0.2) is 0 Å². The number of benzene rings is 2. The summed E-state index contributed by atoms with van der Waals surface area (Å²) in [6.45, 7) is 0. The summed E-state index contributed by atoms with van der Waals surface area (Å²) in [5, 5.41) is 20.2. The zero-order valence-electron chi connectivity index (χ0n) is 12.2. The number of fused-ring (bicyclic) bond motifs is 2. The Morgan fingerprint density at radius 3 is 1.50 bits per heavy atom. The molecule has 0 spiro atoms. The van der Waals surface area contributed by atoms with Crippen LogP contribution >= 0.6 is 0 Å². The van der Waals surface area contributed by atoms with Crippen molar-refractivity contribution in [2.24, 2.45) is 9.98 Å². The van der Waals surface area contributed by atoms with Gasteiger partial charge in [0.1, 0.15) is 10.7 Å². The van der Waals surface area contributed by atoms with Gasteiger partial charge in [-0.25, -0.2) is 0 Å². The topological polar surface area (TPSA) is 98.6 Å². The van der Waals surface area contributed by atoms with E-state index in [1.165, 1.54) is 0 Å². The lowest BCUT2D eigenvalue weighted by Gasteiger charge is -2.03. The maximum atomic E-state index is 9.06. The van der Waals surface area contributed by atoms with Gasteiger partial charge in [0.15, 0.2) is 22.0 Å². The highest BCUT2D eigenvalue weighted by Crippen LogP contribution is 2.15. The van der Waals surface area contributed by atoms with Crippen molar-refractivity contribution in [2.45, 2.75) is 0 Å². The molecular weight excluding hydrogens is 304 g/mol. The van der Waals surface area contributed by atoms with E-state index in [4.69, 9.17) is 19.4 Å². The Bertz CT molecular complexity index is 1280. The van der Waals surface area contributed by atoms with Crippen molar-refractivity contribution in [2.75, 3.05) is 0 Å². The van der Waals surface area contributed by atoms with Crippen molar-refractivity contribution in [3.63, 3.8) is 0 Å². The summed E-state index contributed by atoms with van der Waals surface area (Å²) in [6, 6.07) is 14.4. The number of para-hydroxylation sites is 2. The number of rotatable bonds is 0. The van der Waals surface area contributed by atoms with E-state index in [1.54, 1.807) is 36.7 Å². The van der Waals surface area contributed by atoms with Gasteiger partial charge in [0.05, 0.1) is 0 Å². The molecule has 0 saturated carbocycles. The van der Waals surface area contributed by atoms with E-state index in [1.807, 2.05) is 24.3 Å². The molecule has 2 aliphatic rings. The van der Waals surface area contributed by atoms with Crippen molar-refractivity contribution < 1.29 is 8.83 Å². The van der Waals surface area contributed by atoms with Gasteiger partial charge >= 0.3 is 0 Å². The van der Waals surface area contributed by atoms with Crippen LogP contribution in [0.3, 0.4) is 0 Å². The van der Waals surface area contributed by atoms with E-state index >= 15 is 0 Å². The summed E-state index contributed by atoms with van der Waals surface area (Å²) in [4.78, 5) is 7.80. The highest BCUT2D eigenvalue weighted by atomic mass is 16.4. The van der Waals surface area contributed by atoms with Crippen LogP contribution in [0, 0.1) is 33.7 Å². The van der Waals surface area contributed by atoms with E-state index in [9.17, 15) is 0 Å². The lowest BCUT2D eigenvalue weighted by Crippen LogP contribution is -2.17. The molecule has 0 saturated heterocycles. The van der Waals surface area contributed by atoms with Gasteiger partial charge in [-0.05, 0) is 12.1 Å². The second-order valence-corrected chi connectivity index (χ2v) is 4.98. The molecule has 0 N–H and O–H groups in total. The Balaban J connectivity index is 2.50. The van der Waals surface area contributed by atoms with Crippen molar-refractivity contribution in [3.8, 4) is 12.4 Å². The highest BCUT2D eigenvalue weighted by Gasteiger charge is 2.10. The Labute approximate surface area is 134 Å². The van der Waals surface area contributed by atoms with Gasteiger partial charge in [-0.2, -0.15) is 20.5 Å². The molecular formula is C18H8N4O2. The molecule has 0 atom stereocenters. The third kappa shape index (κ3) is 1.95. The van der Waals surface area contributed by atoms with Gasteiger partial charge in [-0.1, -0.05) is 36.4 Å². The Morgan fingerprint density at radius 1 is 0.667 bits per heavy atom. The molecule has 0 amide bonds. The van der Waals surface area contributed by atoms with Crippen LogP contribution in [-0.2, 0) is 0 Å². The molecule has 0 unspecified atom stereocenters. The lowest BCUT2D eigenvalue weighted by molar-refractivity contribution is 0.464. The van der Waals surface area contributed by atoms with Crippen molar-refractivity contribution >= 4 is 21.9 Å². The molecule has 0 aromatic heterocycles.